The normalized spacial score (nSPS) is 20.3. The van der Waals surface area contributed by atoms with Crippen molar-refractivity contribution in [3.05, 3.63) is 41.2 Å². The number of hydrogen-bond acceptors (Lipinski definition) is 1. The molecule has 1 aliphatic heterocycles. The highest BCUT2D eigenvalue weighted by atomic mass is 16.5. The van der Waals surface area contributed by atoms with Crippen LogP contribution in [0, 0.1) is 6.92 Å². The zero-order valence-corrected chi connectivity index (χ0v) is 8.08. The van der Waals surface area contributed by atoms with Gasteiger partial charge in [-0.1, -0.05) is 23.8 Å². The highest BCUT2D eigenvalue weighted by molar-refractivity contribution is 5.54. The van der Waals surface area contributed by atoms with Gasteiger partial charge in [0, 0.05) is 6.42 Å². The molecule has 1 aromatic carbocycles. The number of benzene rings is 1. The number of aryl methyl sites for hydroxylation is 1. The third-order valence-corrected chi connectivity index (χ3v) is 2.36. The molecule has 0 bridgehead atoms. The summed E-state index contributed by atoms with van der Waals surface area (Å²) in [4.78, 5) is 0. The van der Waals surface area contributed by atoms with E-state index in [4.69, 9.17) is 4.74 Å². The summed E-state index contributed by atoms with van der Waals surface area (Å²) in [6, 6.07) is 6.53. The van der Waals surface area contributed by atoms with Gasteiger partial charge in [-0.25, -0.2) is 0 Å². The van der Waals surface area contributed by atoms with E-state index in [0.29, 0.717) is 6.10 Å². The molecule has 0 radical (unpaired) electrons. The summed E-state index contributed by atoms with van der Waals surface area (Å²) in [5.41, 5.74) is 4.00. The maximum Gasteiger partial charge on any atom is 0.0990 e. The first kappa shape index (κ1) is 8.36. The van der Waals surface area contributed by atoms with Crippen LogP contribution >= 0.6 is 0 Å². The minimum absolute atomic E-state index is 0.291. The molecule has 0 aliphatic carbocycles. The van der Waals surface area contributed by atoms with Gasteiger partial charge >= 0.3 is 0 Å². The van der Waals surface area contributed by atoms with Crippen LogP contribution in [-0.2, 0) is 11.2 Å². The topological polar surface area (TPSA) is 9.23 Å². The van der Waals surface area contributed by atoms with E-state index < -0.39 is 0 Å². The Kier molecular flexibility index (Phi) is 2.09. The monoisotopic (exact) mass is 174 g/mol. The van der Waals surface area contributed by atoms with Crippen LogP contribution in [0.3, 0.4) is 0 Å². The van der Waals surface area contributed by atoms with Crippen molar-refractivity contribution in [2.75, 3.05) is 0 Å². The molecule has 0 saturated carbocycles. The standard InChI is InChI=1S/C12H14O/c1-9-3-4-11-5-6-13-10(2)8-12(11)7-9/h3-7,10H,8H2,1-2H3. The molecule has 0 saturated heterocycles. The number of ether oxygens (including phenoxy) is 1. The molecule has 0 aromatic heterocycles. The molecule has 0 amide bonds. The van der Waals surface area contributed by atoms with E-state index in [0.717, 1.165) is 6.42 Å². The Labute approximate surface area is 79.0 Å². The summed E-state index contributed by atoms with van der Waals surface area (Å²) < 4.78 is 5.44. The first-order chi connectivity index (χ1) is 6.25. The highest BCUT2D eigenvalue weighted by Crippen LogP contribution is 2.19. The van der Waals surface area contributed by atoms with Crippen LogP contribution in [0.5, 0.6) is 0 Å². The molecule has 1 atom stereocenters. The fourth-order valence-electron chi connectivity index (χ4n) is 1.68. The van der Waals surface area contributed by atoms with Crippen molar-refractivity contribution >= 4 is 6.08 Å². The van der Waals surface area contributed by atoms with Crippen LogP contribution in [0.25, 0.3) is 6.08 Å². The minimum atomic E-state index is 0.291. The van der Waals surface area contributed by atoms with Crippen LogP contribution in [0.1, 0.15) is 23.6 Å². The molecule has 1 unspecified atom stereocenters. The van der Waals surface area contributed by atoms with Gasteiger partial charge in [0.2, 0.25) is 0 Å². The van der Waals surface area contributed by atoms with E-state index >= 15 is 0 Å². The van der Waals surface area contributed by atoms with Gasteiger partial charge in [0.05, 0.1) is 12.4 Å². The molecule has 68 valence electrons. The van der Waals surface area contributed by atoms with Crippen LogP contribution in [0.2, 0.25) is 0 Å². The summed E-state index contributed by atoms with van der Waals surface area (Å²) in [7, 11) is 0. The number of hydrogen-bond donors (Lipinski definition) is 0. The molecule has 1 aromatic rings. The molecule has 1 aliphatic rings. The zero-order valence-electron chi connectivity index (χ0n) is 8.08. The lowest BCUT2D eigenvalue weighted by atomic mass is 10.0. The fraction of sp³-hybridized carbons (Fsp3) is 0.333. The molecule has 2 rings (SSSR count). The smallest absolute Gasteiger partial charge is 0.0990 e. The van der Waals surface area contributed by atoms with E-state index in [1.807, 2.05) is 6.08 Å². The van der Waals surface area contributed by atoms with Gasteiger partial charge in [0.15, 0.2) is 0 Å². The second-order valence-corrected chi connectivity index (χ2v) is 3.66. The summed E-state index contributed by atoms with van der Waals surface area (Å²) in [6.07, 6.45) is 5.13. The second kappa shape index (κ2) is 3.25. The maximum absolute atomic E-state index is 5.44. The van der Waals surface area contributed by atoms with Crippen molar-refractivity contribution in [3.8, 4) is 0 Å². The van der Waals surface area contributed by atoms with Gasteiger partial charge in [-0.2, -0.15) is 0 Å². The Balaban J connectivity index is 2.44. The largest absolute Gasteiger partial charge is 0.498 e. The Morgan fingerprint density at radius 2 is 2.23 bits per heavy atom. The third-order valence-electron chi connectivity index (χ3n) is 2.36. The van der Waals surface area contributed by atoms with E-state index in [2.05, 4.69) is 32.0 Å². The van der Waals surface area contributed by atoms with Gasteiger partial charge < -0.3 is 4.74 Å². The van der Waals surface area contributed by atoms with Crippen molar-refractivity contribution in [1.82, 2.24) is 0 Å². The molecule has 0 spiro atoms. The first-order valence-electron chi connectivity index (χ1n) is 4.67. The van der Waals surface area contributed by atoms with Crippen LogP contribution in [-0.4, -0.2) is 6.10 Å². The van der Waals surface area contributed by atoms with Crippen molar-refractivity contribution in [3.63, 3.8) is 0 Å². The van der Waals surface area contributed by atoms with Crippen molar-refractivity contribution in [2.45, 2.75) is 26.4 Å². The molecule has 0 fully saturated rings. The lowest BCUT2D eigenvalue weighted by molar-refractivity contribution is 0.166. The van der Waals surface area contributed by atoms with Gasteiger partial charge in [-0.05, 0) is 31.1 Å². The van der Waals surface area contributed by atoms with Gasteiger partial charge in [0.25, 0.3) is 0 Å². The van der Waals surface area contributed by atoms with E-state index in [1.54, 1.807) is 6.26 Å². The highest BCUT2D eigenvalue weighted by Gasteiger charge is 2.09. The quantitative estimate of drug-likeness (QED) is 0.587. The Morgan fingerprint density at radius 3 is 3.08 bits per heavy atom. The lowest BCUT2D eigenvalue weighted by Crippen LogP contribution is -2.07. The number of fused-ring (bicyclic) bond motifs is 1. The second-order valence-electron chi connectivity index (χ2n) is 3.66. The lowest BCUT2D eigenvalue weighted by Gasteiger charge is -2.09. The van der Waals surface area contributed by atoms with Gasteiger partial charge in [-0.3, -0.25) is 0 Å². The van der Waals surface area contributed by atoms with Crippen LogP contribution in [0.4, 0.5) is 0 Å². The van der Waals surface area contributed by atoms with Crippen LogP contribution < -0.4 is 0 Å². The minimum Gasteiger partial charge on any atom is -0.498 e. The molecular weight excluding hydrogens is 160 g/mol. The average molecular weight is 174 g/mol. The Hall–Kier alpha value is -1.24. The van der Waals surface area contributed by atoms with Gasteiger partial charge in [-0.15, -0.1) is 0 Å². The molecule has 1 heterocycles. The predicted octanol–water partition coefficient (Wildman–Crippen LogP) is 2.93. The molecule has 0 N–H and O–H groups in total. The summed E-state index contributed by atoms with van der Waals surface area (Å²) >= 11 is 0. The average Bonchev–Trinajstić information content (AvgIpc) is 2.25. The van der Waals surface area contributed by atoms with Crippen molar-refractivity contribution in [2.24, 2.45) is 0 Å². The summed E-state index contributed by atoms with van der Waals surface area (Å²) in [6.45, 7) is 4.22. The first-order valence-corrected chi connectivity index (χ1v) is 4.67. The maximum atomic E-state index is 5.44. The fourth-order valence-corrected chi connectivity index (χ4v) is 1.68. The predicted molar refractivity (Wildman–Crippen MR) is 54.5 cm³/mol. The van der Waals surface area contributed by atoms with E-state index in [1.165, 1.54) is 16.7 Å². The zero-order chi connectivity index (χ0) is 9.26. The third kappa shape index (κ3) is 1.74. The SMILES string of the molecule is Cc1ccc2c(c1)CC(C)OC=C2. The summed E-state index contributed by atoms with van der Waals surface area (Å²) in [5, 5.41) is 0. The number of rotatable bonds is 0. The van der Waals surface area contributed by atoms with Crippen molar-refractivity contribution in [1.29, 1.82) is 0 Å². The molecule has 1 heteroatoms. The molecule has 13 heavy (non-hydrogen) atoms. The molecular formula is C12H14O. The Bertz CT molecular complexity index is 339. The van der Waals surface area contributed by atoms with E-state index in [9.17, 15) is 0 Å². The summed E-state index contributed by atoms with van der Waals surface area (Å²) in [5.74, 6) is 0. The van der Waals surface area contributed by atoms with E-state index in [-0.39, 0.29) is 0 Å². The van der Waals surface area contributed by atoms with Gasteiger partial charge in [0.1, 0.15) is 0 Å². The Morgan fingerprint density at radius 1 is 1.38 bits per heavy atom. The molecule has 1 nitrogen and oxygen atoms in total. The van der Waals surface area contributed by atoms with Crippen LogP contribution in [0.15, 0.2) is 24.5 Å². The van der Waals surface area contributed by atoms with Crippen molar-refractivity contribution < 1.29 is 4.74 Å².